The van der Waals surface area contributed by atoms with Gasteiger partial charge in [-0.1, -0.05) is 31.5 Å². The number of rotatable bonds is 3. The van der Waals surface area contributed by atoms with Gasteiger partial charge in [0.2, 0.25) is 0 Å². The molecular weight excluding hydrogens is 210 g/mol. The van der Waals surface area contributed by atoms with Crippen LogP contribution in [-0.2, 0) is 0 Å². The third-order valence-electron chi connectivity index (χ3n) is 4.01. The van der Waals surface area contributed by atoms with E-state index in [4.69, 9.17) is 4.74 Å². The van der Waals surface area contributed by atoms with Gasteiger partial charge in [-0.3, -0.25) is 0 Å². The lowest BCUT2D eigenvalue weighted by atomic mass is 9.87. The van der Waals surface area contributed by atoms with Crippen LogP contribution >= 0.6 is 0 Å². The number of hydrogen-bond donors (Lipinski definition) is 0. The zero-order valence-electron chi connectivity index (χ0n) is 10.3. The summed E-state index contributed by atoms with van der Waals surface area (Å²) < 4.78 is 5.85. The van der Waals surface area contributed by atoms with Crippen molar-refractivity contribution in [3.8, 4) is 5.75 Å². The Bertz CT molecular complexity index is 390. The number of benzene rings is 1. The highest BCUT2D eigenvalue weighted by Crippen LogP contribution is 2.41. The van der Waals surface area contributed by atoms with Crippen LogP contribution in [0.3, 0.4) is 0 Å². The fraction of sp³-hybridized carbons (Fsp3) is 0.533. The standard InChI is InChI=1S/C15H20NO/c1-2-3-8-16-9-12-11-17-15-7-5-4-6-13(15)14(12)10-16/h4-7,12,14H,1-3,8-11H2/t12-,14+/m1/s1. The van der Waals surface area contributed by atoms with Crippen molar-refractivity contribution in [3.63, 3.8) is 0 Å². The predicted octanol–water partition coefficient (Wildman–Crippen LogP) is 2.71. The molecule has 2 atom stereocenters. The Morgan fingerprint density at radius 3 is 3.06 bits per heavy atom. The highest BCUT2D eigenvalue weighted by Gasteiger charge is 2.37. The van der Waals surface area contributed by atoms with Gasteiger partial charge in [-0.15, -0.1) is 0 Å². The number of nitrogens with zero attached hydrogens (tertiary/aromatic N) is 1. The van der Waals surface area contributed by atoms with E-state index in [9.17, 15) is 0 Å². The molecular formula is C15H20NO. The minimum atomic E-state index is 0.685. The van der Waals surface area contributed by atoms with Crippen LogP contribution in [0, 0.1) is 12.8 Å². The molecule has 0 spiro atoms. The maximum atomic E-state index is 5.85. The second-order valence-corrected chi connectivity index (χ2v) is 5.18. The van der Waals surface area contributed by atoms with Gasteiger partial charge in [-0.05, 0) is 24.6 Å². The third-order valence-corrected chi connectivity index (χ3v) is 4.01. The molecule has 0 bridgehead atoms. The summed E-state index contributed by atoms with van der Waals surface area (Å²) >= 11 is 0. The number of ether oxygens (including phenoxy) is 1. The quantitative estimate of drug-likeness (QED) is 0.791. The van der Waals surface area contributed by atoms with Crippen molar-refractivity contribution in [1.82, 2.24) is 4.90 Å². The van der Waals surface area contributed by atoms with Gasteiger partial charge in [0.25, 0.3) is 0 Å². The van der Waals surface area contributed by atoms with Crippen LogP contribution in [0.15, 0.2) is 24.3 Å². The molecule has 0 unspecified atom stereocenters. The molecule has 0 amide bonds. The van der Waals surface area contributed by atoms with Crippen molar-refractivity contribution in [2.75, 3.05) is 26.2 Å². The summed E-state index contributed by atoms with van der Waals surface area (Å²) in [7, 11) is 0. The second kappa shape index (κ2) is 4.69. The third kappa shape index (κ3) is 2.06. The number of unbranched alkanes of at least 4 members (excludes halogenated alkanes) is 1. The molecule has 2 heterocycles. The maximum absolute atomic E-state index is 5.85. The van der Waals surface area contributed by atoms with E-state index in [0.717, 1.165) is 18.8 Å². The van der Waals surface area contributed by atoms with Crippen LogP contribution in [0.1, 0.15) is 24.3 Å². The van der Waals surface area contributed by atoms with E-state index >= 15 is 0 Å². The first-order chi connectivity index (χ1) is 8.38. The average Bonchev–Trinajstić information content (AvgIpc) is 2.79. The van der Waals surface area contributed by atoms with E-state index in [2.05, 4.69) is 36.1 Å². The van der Waals surface area contributed by atoms with Crippen molar-refractivity contribution >= 4 is 0 Å². The van der Waals surface area contributed by atoms with Gasteiger partial charge >= 0.3 is 0 Å². The SMILES string of the molecule is [CH2]CCCN1C[C@@H]2COc3ccccc3[C@H]2C1. The molecule has 17 heavy (non-hydrogen) atoms. The van der Waals surface area contributed by atoms with Crippen molar-refractivity contribution in [1.29, 1.82) is 0 Å². The van der Waals surface area contributed by atoms with Gasteiger partial charge in [-0.25, -0.2) is 0 Å². The number of likely N-dealkylation sites (tertiary alicyclic amines) is 1. The Morgan fingerprint density at radius 1 is 1.29 bits per heavy atom. The Labute approximate surface area is 104 Å². The summed E-state index contributed by atoms with van der Waals surface area (Å²) in [5, 5.41) is 0. The normalized spacial score (nSPS) is 27.4. The average molecular weight is 230 g/mol. The molecule has 1 aromatic carbocycles. The summed E-state index contributed by atoms with van der Waals surface area (Å²) in [6.07, 6.45) is 2.25. The highest BCUT2D eigenvalue weighted by atomic mass is 16.5. The van der Waals surface area contributed by atoms with Crippen molar-refractivity contribution in [3.05, 3.63) is 36.8 Å². The van der Waals surface area contributed by atoms with Crippen LogP contribution in [0.2, 0.25) is 0 Å². The first kappa shape index (κ1) is 11.1. The lowest BCUT2D eigenvalue weighted by Crippen LogP contribution is -2.25. The van der Waals surface area contributed by atoms with Crippen LogP contribution in [-0.4, -0.2) is 31.1 Å². The maximum Gasteiger partial charge on any atom is 0.122 e. The lowest BCUT2D eigenvalue weighted by molar-refractivity contribution is 0.212. The van der Waals surface area contributed by atoms with E-state index in [0.29, 0.717) is 11.8 Å². The molecule has 1 radical (unpaired) electrons. The van der Waals surface area contributed by atoms with E-state index in [1.807, 2.05) is 0 Å². The molecule has 2 heteroatoms. The topological polar surface area (TPSA) is 12.5 Å². The molecule has 0 aromatic heterocycles. The lowest BCUT2D eigenvalue weighted by Gasteiger charge is -2.27. The largest absolute Gasteiger partial charge is 0.493 e. The van der Waals surface area contributed by atoms with Gasteiger partial charge in [-0.2, -0.15) is 0 Å². The highest BCUT2D eigenvalue weighted by molar-refractivity contribution is 5.39. The molecule has 0 N–H and O–H groups in total. The Morgan fingerprint density at radius 2 is 2.18 bits per heavy atom. The predicted molar refractivity (Wildman–Crippen MR) is 69.2 cm³/mol. The molecule has 0 aliphatic carbocycles. The van der Waals surface area contributed by atoms with Crippen molar-refractivity contribution in [2.45, 2.75) is 18.8 Å². The van der Waals surface area contributed by atoms with E-state index in [-0.39, 0.29) is 0 Å². The Balaban J connectivity index is 1.75. The Hall–Kier alpha value is -1.02. The summed E-state index contributed by atoms with van der Waals surface area (Å²) in [5.74, 6) is 2.48. The molecule has 2 aliphatic rings. The zero-order chi connectivity index (χ0) is 11.7. The molecule has 0 saturated carbocycles. The molecule has 1 saturated heterocycles. The molecule has 1 fully saturated rings. The minimum Gasteiger partial charge on any atom is -0.493 e. The van der Waals surface area contributed by atoms with E-state index in [1.165, 1.54) is 31.6 Å². The van der Waals surface area contributed by atoms with Gasteiger partial charge < -0.3 is 9.64 Å². The summed E-state index contributed by atoms with van der Waals surface area (Å²) in [6, 6.07) is 8.53. The first-order valence-corrected chi connectivity index (χ1v) is 6.62. The van der Waals surface area contributed by atoms with Crippen LogP contribution in [0.25, 0.3) is 0 Å². The first-order valence-electron chi connectivity index (χ1n) is 6.62. The van der Waals surface area contributed by atoms with Crippen LogP contribution < -0.4 is 4.74 Å². The molecule has 2 nitrogen and oxygen atoms in total. The number of hydrogen-bond acceptors (Lipinski definition) is 2. The van der Waals surface area contributed by atoms with Gasteiger partial charge in [0, 0.05) is 24.9 Å². The molecule has 3 rings (SSSR count). The molecule has 1 aromatic rings. The summed E-state index contributed by atoms with van der Waals surface area (Å²) in [6.45, 7) is 8.40. The van der Waals surface area contributed by atoms with Gasteiger partial charge in [0.15, 0.2) is 0 Å². The second-order valence-electron chi connectivity index (χ2n) is 5.18. The monoisotopic (exact) mass is 230 g/mol. The fourth-order valence-corrected chi connectivity index (χ4v) is 3.11. The zero-order valence-corrected chi connectivity index (χ0v) is 10.3. The molecule has 2 aliphatic heterocycles. The number of para-hydroxylation sites is 1. The van der Waals surface area contributed by atoms with Crippen LogP contribution in [0.5, 0.6) is 5.75 Å². The smallest absolute Gasteiger partial charge is 0.122 e. The fourth-order valence-electron chi connectivity index (χ4n) is 3.11. The molecule has 91 valence electrons. The minimum absolute atomic E-state index is 0.685. The summed E-state index contributed by atoms with van der Waals surface area (Å²) in [5.41, 5.74) is 1.42. The van der Waals surface area contributed by atoms with Crippen molar-refractivity contribution < 1.29 is 4.74 Å². The summed E-state index contributed by atoms with van der Waals surface area (Å²) in [4.78, 5) is 2.58. The van der Waals surface area contributed by atoms with Crippen molar-refractivity contribution in [2.24, 2.45) is 5.92 Å². The van der Waals surface area contributed by atoms with E-state index < -0.39 is 0 Å². The Kier molecular flexibility index (Phi) is 3.06. The number of fused-ring (bicyclic) bond motifs is 3. The van der Waals surface area contributed by atoms with E-state index in [1.54, 1.807) is 0 Å². The van der Waals surface area contributed by atoms with Crippen LogP contribution in [0.4, 0.5) is 0 Å². The van der Waals surface area contributed by atoms with Gasteiger partial charge in [0.1, 0.15) is 5.75 Å². The van der Waals surface area contributed by atoms with Gasteiger partial charge in [0.05, 0.1) is 6.61 Å².